The molecule has 3 N–H and O–H groups in total. The van der Waals surface area contributed by atoms with E-state index in [1.807, 2.05) is 43.3 Å². The number of aliphatic hydroxyl groups is 1. The summed E-state index contributed by atoms with van der Waals surface area (Å²) in [5.41, 5.74) is 3.20. The summed E-state index contributed by atoms with van der Waals surface area (Å²) in [7, 11) is 1.58. The van der Waals surface area contributed by atoms with Gasteiger partial charge in [-0.3, -0.25) is 9.59 Å². The van der Waals surface area contributed by atoms with Crippen molar-refractivity contribution in [1.82, 2.24) is 20.2 Å². The second-order valence-electron chi connectivity index (χ2n) is 10.4. The van der Waals surface area contributed by atoms with Gasteiger partial charge in [0, 0.05) is 36.9 Å². The Morgan fingerprint density at radius 2 is 1.98 bits per heavy atom. The maximum absolute atomic E-state index is 13.6. The van der Waals surface area contributed by atoms with E-state index in [0.717, 1.165) is 24.0 Å². The van der Waals surface area contributed by atoms with Gasteiger partial charge < -0.3 is 30.1 Å². The van der Waals surface area contributed by atoms with E-state index in [-0.39, 0.29) is 24.5 Å². The number of benzene rings is 2. The van der Waals surface area contributed by atoms with Gasteiger partial charge >= 0.3 is 0 Å². The first-order valence-corrected chi connectivity index (χ1v) is 14.1. The van der Waals surface area contributed by atoms with Crippen LogP contribution >= 0.6 is 11.6 Å². The molecule has 1 fully saturated rings. The summed E-state index contributed by atoms with van der Waals surface area (Å²) in [4.78, 5) is 37.4. The summed E-state index contributed by atoms with van der Waals surface area (Å²) in [6.45, 7) is 4.92. The van der Waals surface area contributed by atoms with Gasteiger partial charge in [-0.15, -0.1) is 0 Å². The lowest BCUT2D eigenvalue weighted by Crippen LogP contribution is -2.53. The summed E-state index contributed by atoms with van der Waals surface area (Å²) in [6.07, 6.45) is 2.17. The van der Waals surface area contributed by atoms with Crippen molar-refractivity contribution in [2.45, 2.75) is 57.5 Å². The number of rotatable bonds is 9. The van der Waals surface area contributed by atoms with Crippen LogP contribution in [0.25, 0.3) is 11.3 Å². The molecule has 41 heavy (non-hydrogen) atoms. The molecule has 2 aliphatic rings. The molecule has 3 heterocycles. The van der Waals surface area contributed by atoms with Crippen LogP contribution < -0.4 is 15.4 Å². The van der Waals surface area contributed by atoms with E-state index in [2.05, 4.69) is 20.6 Å². The normalized spacial score (nSPS) is 17.5. The highest BCUT2D eigenvalue weighted by molar-refractivity contribution is 6.33. The van der Waals surface area contributed by atoms with Gasteiger partial charge in [0.05, 0.1) is 36.2 Å². The Morgan fingerprint density at radius 1 is 1.20 bits per heavy atom. The van der Waals surface area contributed by atoms with Gasteiger partial charge in [-0.25, -0.2) is 9.97 Å². The fourth-order valence-electron chi connectivity index (χ4n) is 5.27. The summed E-state index contributed by atoms with van der Waals surface area (Å²) >= 11 is 6.48. The smallest absolute Gasteiger partial charge is 0.255 e. The van der Waals surface area contributed by atoms with Crippen molar-refractivity contribution in [3.63, 3.8) is 0 Å². The molecule has 10 nitrogen and oxygen atoms in total. The third kappa shape index (κ3) is 6.29. The first kappa shape index (κ1) is 28.8. The second-order valence-corrected chi connectivity index (χ2v) is 10.8. The van der Waals surface area contributed by atoms with E-state index in [9.17, 15) is 14.7 Å². The van der Waals surface area contributed by atoms with Gasteiger partial charge in [0.15, 0.2) is 0 Å². The number of anilines is 1. The van der Waals surface area contributed by atoms with Crippen LogP contribution in [0.2, 0.25) is 5.02 Å². The van der Waals surface area contributed by atoms with Crippen molar-refractivity contribution < 1.29 is 24.2 Å². The highest BCUT2D eigenvalue weighted by Crippen LogP contribution is 2.33. The lowest BCUT2D eigenvalue weighted by atomic mass is 10.0. The number of fused-ring (bicyclic) bond motifs is 1. The molecule has 3 atom stereocenters. The third-order valence-electron chi connectivity index (χ3n) is 7.53. The highest BCUT2D eigenvalue weighted by Gasteiger charge is 2.39. The fraction of sp³-hybridized carbons (Fsp3) is 0.400. The van der Waals surface area contributed by atoms with Crippen molar-refractivity contribution in [2.24, 2.45) is 0 Å². The minimum absolute atomic E-state index is 0.193. The van der Waals surface area contributed by atoms with Crippen LogP contribution in [-0.2, 0) is 16.1 Å². The lowest BCUT2D eigenvalue weighted by molar-refractivity contribution is -0.129. The van der Waals surface area contributed by atoms with Crippen molar-refractivity contribution in [2.75, 3.05) is 25.6 Å². The van der Waals surface area contributed by atoms with Crippen LogP contribution in [0.3, 0.4) is 0 Å². The predicted octanol–water partition coefficient (Wildman–Crippen LogP) is 3.98. The molecule has 3 aromatic rings. The molecule has 216 valence electrons. The zero-order valence-electron chi connectivity index (χ0n) is 23.3. The fourth-order valence-corrected chi connectivity index (χ4v) is 5.47. The maximum Gasteiger partial charge on any atom is 0.255 e. The molecule has 0 radical (unpaired) electrons. The van der Waals surface area contributed by atoms with Crippen molar-refractivity contribution in [3.05, 3.63) is 70.4 Å². The summed E-state index contributed by atoms with van der Waals surface area (Å²) in [6, 6.07) is 11.6. The first-order chi connectivity index (χ1) is 19.7. The maximum atomic E-state index is 13.6. The molecule has 11 heteroatoms. The summed E-state index contributed by atoms with van der Waals surface area (Å²) in [5.74, 6) is 0.342. The van der Waals surface area contributed by atoms with E-state index in [1.165, 1.54) is 11.8 Å². The number of aromatic nitrogens is 2. The number of nitrogens with one attached hydrogen (secondary N) is 2. The zero-order valence-corrected chi connectivity index (χ0v) is 24.0. The number of hydrogen-bond donors (Lipinski definition) is 3. The molecule has 2 aliphatic heterocycles. The number of methoxy groups -OCH3 is 1. The van der Waals surface area contributed by atoms with E-state index >= 15 is 0 Å². The van der Waals surface area contributed by atoms with Crippen LogP contribution in [0.5, 0.6) is 5.75 Å². The molecular formula is C30H34ClN5O5. The first-order valence-electron chi connectivity index (χ1n) is 13.7. The van der Waals surface area contributed by atoms with Gasteiger partial charge in [0.1, 0.15) is 11.8 Å². The minimum Gasteiger partial charge on any atom is -0.497 e. The Labute approximate surface area is 244 Å². The molecule has 2 amide bonds. The minimum atomic E-state index is -1.10. The van der Waals surface area contributed by atoms with Crippen molar-refractivity contribution in [3.8, 4) is 17.0 Å². The molecule has 0 saturated carbocycles. The SMILES string of the molecule is COc1cccc(C(C)NC(=O)C(C(C)O)N2Cc3ccc(-c4nc(NC5CCOCC5)ncc4Cl)cc3C2=O)c1. The van der Waals surface area contributed by atoms with Crippen LogP contribution in [0, 0.1) is 0 Å². The summed E-state index contributed by atoms with van der Waals surface area (Å²) < 4.78 is 10.7. The number of hydrogen-bond acceptors (Lipinski definition) is 8. The van der Waals surface area contributed by atoms with E-state index in [4.69, 9.17) is 21.1 Å². The Balaban J connectivity index is 1.34. The van der Waals surface area contributed by atoms with Gasteiger partial charge in [-0.05, 0) is 56.0 Å². The van der Waals surface area contributed by atoms with Gasteiger partial charge in [0.25, 0.3) is 5.91 Å². The monoisotopic (exact) mass is 579 g/mol. The van der Waals surface area contributed by atoms with Crippen molar-refractivity contribution in [1.29, 1.82) is 0 Å². The number of halogens is 1. The zero-order chi connectivity index (χ0) is 29.1. The number of carbonyl (C=O) groups is 2. The van der Waals surface area contributed by atoms with Gasteiger partial charge in [0.2, 0.25) is 11.9 Å². The van der Waals surface area contributed by atoms with Crippen LogP contribution in [0.4, 0.5) is 5.95 Å². The predicted molar refractivity (Wildman–Crippen MR) is 155 cm³/mol. The molecule has 0 bridgehead atoms. The number of amides is 2. The molecule has 0 aliphatic carbocycles. The number of nitrogens with zero attached hydrogens (tertiary/aromatic N) is 3. The van der Waals surface area contributed by atoms with Crippen LogP contribution in [0.1, 0.15) is 54.2 Å². The largest absolute Gasteiger partial charge is 0.497 e. The lowest BCUT2D eigenvalue weighted by Gasteiger charge is -2.30. The topological polar surface area (TPSA) is 126 Å². The van der Waals surface area contributed by atoms with Gasteiger partial charge in [-0.1, -0.05) is 35.9 Å². The van der Waals surface area contributed by atoms with Gasteiger partial charge in [-0.2, -0.15) is 0 Å². The van der Waals surface area contributed by atoms with Crippen LogP contribution in [0.15, 0.2) is 48.7 Å². The highest BCUT2D eigenvalue weighted by atomic mass is 35.5. The molecule has 0 spiro atoms. The van der Waals surface area contributed by atoms with Crippen molar-refractivity contribution >= 4 is 29.4 Å². The molecule has 1 saturated heterocycles. The molecule has 2 aromatic carbocycles. The average Bonchev–Trinajstić information content (AvgIpc) is 3.29. The molecule has 1 aromatic heterocycles. The number of aliphatic hydroxyl groups excluding tert-OH is 1. The quantitative estimate of drug-likeness (QED) is 0.348. The van der Waals surface area contributed by atoms with E-state index in [0.29, 0.717) is 46.8 Å². The van der Waals surface area contributed by atoms with E-state index < -0.39 is 18.1 Å². The summed E-state index contributed by atoms with van der Waals surface area (Å²) in [5, 5.41) is 17.3. The second kappa shape index (κ2) is 12.4. The Morgan fingerprint density at radius 3 is 2.71 bits per heavy atom. The Hall–Kier alpha value is -3.73. The standard InChI is InChI=1S/C30H34ClN5O5/c1-17(19-5-4-6-23(13-19)40-3)33-28(38)27(18(2)37)36-16-21-8-7-20(14-24(21)29(36)39)26-25(31)15-32-30(35-26)34-22-9-11-41-12-10-22/h4-8,13-15,17-18,22,27,37H,9-12,16H2,1-3H3,(H,33,38)(H,32,34,35). The number of ether oxygens (including phenoxy) is 2. The Kier molecular flexibility index (Phi) is 8.72. The number of carbonyl (C=O) groups excluding carboxylic acids is 2. The molecule has 5 rings (SSSR count). The van der Waals surface area contributed by atoms with E-state index in [1.54, 1.807) is 19.4 Å². The van der Waals surface area contributed by atoms with Crippen LogP contribution in [-0.4, -0.2) is 70.3 Å². The average molecular weight is 580 g/mol. The third-order valence-corrected chi connectivity index (χ3v) is 7.80. The molecule has 3 unspecified atom stereocenters. The Bertz CT molecular complexity index is 1430. The molecular weight excluding hydrogens is 546 g/mol.